The van der Waals surface area contributed by atoms with Crippen LogP contribution in [0.4, 0.5) is 4.79 Å². The van der Waals surface area contributed by atoms with Gasteiger partial charge in [0.15, 0.2) is 0 Å². The Balaban J connectivity index is 2.53. The molecule has 0 saturated carbocycles. The van der Waals surface area contributed by atoms with Crippen LogP contribution in [0, 0.1) is 6.57 Å². The van der Waals surface area contributed by atoms with E-state index in [1.54, 1.807) is 4.90 Å². The number of piperidine rings is 1. The Morgan fingerprint density at radius 3 is 2.35 bits per heavy atom. The maximum atomic E-state index is 11.8. The first kappa shape index (κ1) is 13.8. The van der Waals surface area contributed by atoms with Crippen LogP contribution >= 0.6 is 0 Å². The quantitative estimate of drug-likeness (QED) is 0.709. The molecule has 0 bridgehead atoms. The van der Waals surface area contributed by atoms with Gasteiger partial charge < -0.3 is 19.6 Å². The Labute approximate surface area is 102 Å². The van der Waals surface area contributed by atoms with Crippen LogP contribution in [0.15, 0.2) is 0 Å². The Bertz CT molecular complexity index is 320. The SMILES string of the molecule is [C-]#[N+]C1(CO)CCN(C(=O)OC(C)(C)C)CC1. The van der Waals surface area contributed by atoms with Gasteiger partial charge in [-0.1, -0.05) is 0 Å². The molecule has 1 heterocycles. The first-order valence-corrected chi connectivity index (χ1v) is 5.79. The van der Waals surface area contributed by atoms with E-state index >= 15 is 0 Å². The molecular weight excluding hydrogens is 220 g/mol. The lowest BCUT2D eigenvalue weighted by Crippen LogP contribution is -2.48. The molecule has 0 spiro atoms. The van der Waals surface area contributed by atoms with Crippen molar-refractivity contribution in [3.63, 3.8) is 0 Å². The molecule has 0 aromatic heterocycles. The minimum Gasteiger partial charge on any atom is -0.444 e. The van der Waals surface area contributed by atoms with Crippen LogP contribution in [0.5, 0.6) is 0 Å². The van der Waals surface area contributed by atoms with Crippen LogP contribution in [0.1, 0.15) is 33.6 Å². The molecule has 0 aliphatic carbocycles. The molecule has 0 aromatic carbocycles. The molecule has 5 heteroatoms. The fourth-order valence-corrected chi connectivity index (χ4v) is 1.74. The monoisotopic (exact) mass is 240 g/mol. The molecule has 1 aliphatic rings. The summed E-state index contributed by atoms with van der Waals surface area (Å²) in [6.07, 6.45) is 0.674. The van der Waals surface area contributed by atoms with Gasteiger partial charge in [0.05, 0.1) is 0 Å². The first-order valence-electron chi connectivity index (χ1n) is 5.79. The van der Waals surface area contributed by atoms with Crippen molar-refractivity contribution < 1.29 is 14.6 Å². The highest BCUT2D eigenvalue weighted by Gasteiger charge is 2.41. The molecule has 0 aromatic rings. The predicted octanol–water partition coefficient (Wildman–Crippen LogP) is 1.67. The van der Waals surface area contributed by atoms with Gasteiger partial charge in [-0.3, -0.25) is 0 Å². The van der Waals surface area contributed by atoms with Crippen molar-refractivity contribution >= 4 is 6.09 Å². The number of rotatable bonds is 1. The Morgan fingerprint density at radius 1 is 1.47 bits per heavy atom. The van der Waals surface area contributed by atoms with E-state index in [-0.39, 0.29) is 12.7 Å². The van der Waals surface area contributed by atoms with Crippen molar-refractivity contribution in [2.45, 2.75) is 44.8 Å². The molecule has 1 amide bonds. The smallest absolute Gasteiger partial charge is 0.410 e. The summed E-state index contributed by atoms with van der Waals surface area (Å²) in [6.45, 7) is 13.4. The summed E-state index contributed by atoms with van der Waals surface area (Å²) in [7, 11) is 0. The summed E-state index contributed by atoms with van der Waals surface area (Å²) in [5, 5.41) is 9.20. The molecule has 1 fully saturated rings. The van der Waals surface area contributed by atoms with E-state index in [0.717, 1.165) is 0 Å². The number of hydrogen-bond acceptors (Lipinski definition) is 3. The molecule has 0 atom stereocenters. The van der Waals surface area contributed by atoms with Gasteiger partial charge in [0.25, 0.3) is 5.54 Å². The number of aliphatic hydroxyl groups excluding tert-OH is 1. The highest BCUT2D eigenvalue weighted by atomic mass is 16.6. The molecule has 1 saturated heterocycles. The van der Waals surface area contributed by atoms with Gasteiger partial charge in [0.2, 0.25) is 0 Å². The summed E-state index contributed by atoms with van der Waals surface area (Å²) in [6, 6.07) is 0. The van der Waals surface area contributed by atoms with Gasteiger partial charge in [0, 0.05) is 25.9 Å². The zero-order valence-electron chi connectivity index (χ0n) is 10.7. The number of hydrogen-bond donors (Lipinski definition) is 1. The zero-order valence-corrected chi connectivity index (χ0v) is 10.7. The molecule has 1 aliphatic heterocycles. The molecule has 17 heavy (non-hydrogen) atoms. The number of carbonyl (C=O) groups excluding carboxylic acids is 1. The lowest BCUT2D eigenvalue weighted by molar-refractivity contribution is 0.0158. The van der Waals surface area contributed by atoms with Crippen molar-refractivity contribution in [2.24, 2.45) is 0 Å². The van der Waals surface area contributed by atoms with Crippen molar-refractivity contribution in [2.75, 3.05) is 19.7 Å². The third-order valence-electron chi connectivity index (χ3n) is 2.88. The summed E-state index contributed by atoms with van der Waals surface area (Å²) in [5.41, 5.74) is -1.19. The number of carbonyl (C=O) groups is 1. The van der Waals surface area contributed by atoms with Crippen LogP contribution in [0.2, 0.25) is 0 Å². The number of amides is 1. The van der Waals surface area contributed by atoms with Crippen LogP contribution in [-0.4, -0.2) is 46.9 Å². The van der Waals surface area contributed by atoms with Gasteiger partial charge in [0.1, 0.15) is 12.2 Å². The highest BCUT2D eigenvalue weighted by molar-refractivity contribution is 5.68. The van der Waals surface area contributed by atoms with Crippen molar-refractivity contribution in [3.8, 4) is 0 Å². The molecule has 5 nitrogen and oxygen atoms in total. The minimum atomic E-state index is -0.696. The number of likely N-dealkylation sites (tertiary alicyclic amines) is 1. The fourth-order valence-electron chi connectivity index (χ4n) is 1.74. The lowest BCUT2D eigenvalue weighted by atomic mass is 9.89. The third-order valence-corrected chi connectivity index (χ3v) is 2.88. The fraction of sp³-hybridized carbons (Fsp3) is 0.833. The average Bonchev–Trinajstić information content (AvgIpc) is 2.27. The third kappa shape index (κ3) is 3.60. The Kier molecular flexibility index (Phi) is 3.99. The average molecular weight is 240 g/mol. The second-order valence-electron chi connectivity index (χ2n) is 5.46. The summed E-state index contributed by atoms with van der Waals surface area (Å²) in [4.78, 5) is 16.9. The molecule has 1 rings (SSSR count). The Morgan fingerprint density at radius 2 is 2.00 bits per heavy atom. The van der Waals surface area contributed by atoms with E-state index in [0.29, 0.717) is 25.9 Å². The number of aliphatic hydroxyl groups is 1. The van der Waals surface area contributed by atoms with Crippen molar-refractivity contribution in [1.82, 2.24) is 4.90 Å². The van der Waals surface area contributed by atoms with Crippen molar-refractivity contribution in [3.05, 3.63) is 11.4 Å². The standard InChI is InChI=1S/C12H20N2O3/c1-11(2,3)17-10(16)14-7-5-12(9-15,13-4)6-8-14/h15H,5-9H2,1-3H3. The summed E-state index contributed by atoms with van der Waals surface area (Å²) < 4.78 is 5.26. The van der Waals surface area contributed by atoms with Crippen LogP contribution in [-0.2, 0) is 4.74 Å². The Hall–Kier alpha value is -1.28. The number of ether oxygens (including phenoxy) is 1. The zero-order chi connectivity index (χ0) is 13.1. The second-order valence-corrected chi connectivity index (χ2v) is 5.46. The lowest BCUT2D eigenvalue weighted by Gasteiger charge is -2.34. The summed E-state index contributed by atoms with van der Waals surface area (Å²) in [5.74, 6) is 0. The van der Waals surface area contributed by atoms with Gasteiger partial charge in [-0.05, 0) is 20.8 Å². The maximum Gasteiger partial charge on any atom is 0.410 e. The molecule has 1 N–H and O–H groups in total. The van der Waals surface area contributed by atoms with Crippen LogP contribution in [0.3, 0.4) is 0 Å². The van der Waals surface area contributed by atoms with E-state index in [9.17, 15) is 9.90 Å². The van der Waals surface area contributed by atoms with Gasteiger partial charge in [-0.25, -0.2) is 11.4 Å². The molecular formula is C12H20N2O3. The topological polar surface area (TPSA) is 54.1 Å². The van der Waals surface area contributed by atoms with E-state index in [1.165, 1.54) is 0 Å². The molecule has 96 valence electrons. The van der Waals surface area contributed by atoms with E-state index in [1.807, 2.05) is 20.8 Å². The van der Waals surface area contributed by atoms with Gasteiger partial charge in [-0.2, -0.15) is 0 Å². The van der Waals surface area contributed by atoms with E-state index in [4.69, 9.17) is 11.3 Å². The largest absolute Gasteiger partial charge is 0.444 e. The predicted molar refractivity (Wildman–Crippen MR) is 63.5 cm³/mol. The van der Waals surface area contributed by atoms with Gasteiger partial charge >= 0.3 is 6.09 Å². The van der Waals surface area contributed by atoms with E-state index < -0.39 is 11.1 Å². The maximum absolute atomic E-state index is 11.8. The van der Waals surface area contributed by atoms with E-state index in [2.05, 4.69) is 4.85 Å². The second kappa shape index (κ2) is 4.92. The number of nitrogens with zero attached hydrogens (tertiary/aromatic N) is 2. The van der Waals surface area contributed by atoms with Crippen LogP contribution in [0.25, 0.3) is 4.85 Å². The first-order chi connectivity index (χ1) is 7.82. The molecule has 0 radical (unpaired) electrons. The normalized spacial score (nSPS) is 19.6. The van der Waals surface area contributed by atoms with Crippen molar-refractivity contribution in [1.29, 1.82) is 0 Å². The minimum absolute atomic E-state index is 0.140. The summed E-state index contributed by atoms with van der Waals surface area (Å²) >= 11 is 0. The van der Waals surface area contributed by atoms with Crippen LogP contribution < -0.4 is 0 Å². The highest BCUT2D eigenvalue weighted by Crippen LogP contribution is 2.26. The molecule has 0 unspecified atom stereocenters. The van der Waals surface area contributed by atoms with Gasteiger partial charge in [-0.15, -0.1) is 0 Å².